The van der Waals surface area contributed by atoms with Crippen LogP contribution < -0.4 is 0 Å². The van der Waals surface area contributed by atoms with Gasteiger partial charge in [0.1, 0.15) is 11.4 Å². The van der Waals surface area contributed by atoms with Gasteiger partial charge in [-0.05, 0) is 42.7 Å². The van der Waals surface area contributed by atoms with Gasteiger partial charge in [0.25, 0.3) is 5.91 Å². The quantitative estimate of drug-likeness (QED) is 0.914. The van der Waals surface area contributed by atoms with Crippen molar-refractivity contribution in [1.82, 2.24) is 14.9 Å². The molecule has 1 unspecified atom stereocenters. The number of aromatic nitrogens is 2. The third kappa shape index (κ3) is 4.04. The maximum atomic E-state index is 12.8. The van der Waals surface area contributed by atoms with Gasteiger partial charge in [-0.15, -0.1) is 0 Å². The molecule has 120 valence electrons. The molecule has 0 radical (unpaired) electrons. The van der Waals surface area contributed by atoms with Gasteiger partial charge in [-0.1, -0.05) is 0 Å². The number of amides is 1. The molecule has 0 bridgehead atoms. The number of carbonyl (C=O) groups excluding carboxylic acids is 1. The predicted molar refractivity (Wildman–Crippen MR) is 83.9 cm³/mol. The summed E-state index contributed by atoms with van der Waals surface area (Å²) in [5, 5.41) is 9.33. The molecule has 3 heterocycles. The standard InChI is InChI=1S/C17H19N3O3/c21-14-3-4-16(19-10-14)17(22)20(12-15-2-1-9-23-15)11-13-5-7-18-8-6-13/h3-8,10,15,21H,1-2,9,11-12H2. The first-order valence-corrected chi connectivity index (χ1v) is 7.67. The fraction of sp³-hybridized carbons (Fsp3) is 0.353. The van der Waals surface area contributed by atoms with E-state index in [1.807, 2.05) is 12.1 Å². The van der Waals surface area contributed by atoms with Crippen LogP contribution in [0.1, 0.15) is 28.9 Å². The summed E-state index contributed by atoms with van der Waals surface area (Å²) in [4.78, 5) is 22.5. The van der Waals surface area contributed by atoms with Gasteiger partial charge in [0.15, 0.2) is 0 Å². The number of carbonyl (C=O) groups is 1. The van der Waals surface area contributed by atoms with Crippen molar-refractivity contribution in [3.63, 3.8) is 0 Å². The van der Waals surface area contributed by atoms with Gasteiger partial charge < -0.3 is 14.7 Å². The Morgan fingerprint density at radius 2 is 2.13 bits per heavy atom. The molecule has 6 heteroatoms. The topological polar surface area (TPSA) is 75.5 Å². The molecule has 1 fully saturated rings. The Balaban J connectivity index is 1.78. The number of ether oxygens (including phenoxy) is 1. The first-order valence-electron chi connectivity index (χ1n) is 7.67. The molecule has 3 rings (SSSR count). The van der Waals surface area contributed by atoms with Crippen LogP contribution in [0.15, 0.2) is 42.9 Å². The van der Waals surface area contributed by atoms with Crippen molar-refractivity contribution in [1.29, 1.82) is 0 Å². The average molecular weight is 313 g/mol. The van der Waals surface area contributed by atoms with Crippen LogP contribution in [0.5, 0.6) is 5.75 Å². The Labute approximate surface area is 134 Å². The molecule has 1 amide bonds. The lowest BCUT2D eigenvalue weighted by Gasteiger charge is -2.25. The predicted octanol–water partition coefficient (Wildman–Crippen LogP) is 2.00. The van der Waals surface area contributed by atoms with E-state index in [0.717, 1.165) is 25.0 Å². The largest absolute Gasteiger partial charge is 0.506 e. The normalized spacial score (nSPS) is 17.1. The van der Waals surface area contributed by atoms with E-state index in [1.54, 1.807) is 17.3 Å². The minimum Gasteiger partial charge on any atom is -0.506 e. The summed E-state index contributed by atoms with van der Waals surface area (Å²) in [5.41, 5.74) is 1.32. The molecule has 6 nitrogen and oxygen atoms in total. The lowest BCUT2D eigenvalue weighted by Crippen LogP contribution is -2.37. The molecule has 0 spiro atoms. The summed E-state index contributed by atoms with van der Waals surface area (Å²) in [5.74, 6) is -0.126. The van der Waals surface area contributed by atoms with Gasteiger partial charge in [-0.2, -0.15) is 0 Å². The van der Waals surface area contributed by atoms with E-state index in [2.05, 4.69) is 9.97 Å². The fourth-order valence-electron chi connectivity index (χ4n) is 2.64. The lowest BCUT2D eigenvalue weighted by molar-refractivity contribution is 0.0503. The average Bonchev–Trinajstić information content (AvgIpc) is 3.08. The van der Waals surface area contributed by atoms with E-state index in [1.165, 1.54) is 18.3 Å². The van der Waals surface area contributed by atoms with Crippen LogP contribution in [-0.4, -0.2) is 45.1 Å². The van der Waals surface area contributed by atoms with Crippen molar-refractivity contribution < 1.29 is 14.6 Å². The van der Waals surface area contributed by atoms with Crippen LogP contribution in [-0.2, 0) is 11.3 Å². The highest BCUT2D eigenvalue weighted by molar-refractivity contribution is 5.92. The van der Waals surface area contributed by atoms with Gasteiger partial charge >= 0.3 is 0 Å². The van der Waals surface area contributed by atoms with Crippen molar-refractivity contribution in [2.75, 3.05) is 13.2 Å². The Kier molecular flexibility index (Phi) is 4.83. The van der Waals surface area contributed by atoms with Gasteiger partial charge in [0, 0.05) is 32.1 Å². The molecule has 1 aliphatic rings. The molecule has 1 saturated heterocycles. The maximum absolute atomic E-state index is 12.8. The van der Waals surface area contributed by atoms with E-state index in [9.17, 15) is 9.90 Å². The number of aromatic hydroxyl groups is 1. The highest BCUT2D eigenvalue weighted by Crippen LogP contribution is 2.17. The number of hydrogen-bond donors (Lipinski definition) is 1. The molecule has 23 heavy (non-hydrogen) atoms. The van der Waals surface area contributed by atoms with Crippen LogP contribution in [0, 0.1) is 0 Å². The summed E-state index contributed by atoms with van der Waals surface area (Å²) in [7, 11) is 0. The van der Waals surface area contributed by atoms with Crippen LogP contribution in [0.25, 0.3) is 0 Å². The van der Waals surface area contributed by atoms with E-state index in [4.69, 9.17) is 4.74 Å². The summed E-state index contributed by atoms with van der Waals surface area (Å²) >= 11 is 0. The molecule has 2 aromatic heterocycles. The highest BCUT2D eigenvalue weighted by atomic mass is 16.5. The summed E-state index contributed by atoms with van der Waals surface area (Å²) < 4.78 is 5.66. The molecule has 0 aliphatic carbocycles. The number of rotatable bonds is 5. The first-order chi connectivity index (χ1) is 11.2. The molecular formula is C17H19N3O3. The third-order valence-electron chi connectivity index (χ3n) is 3.83. The van der Waals surface area contributed by atoms with Gasteiger partial charge in [0.05, 0.1) is 12.3 Å². The Morgan fingerprint density at radius 3 is 2.78 bits per heavy atom. The Morgan fingerprint density at radius 1 is 1.30 bits per heavy atom. The van der Waals surface area contributed by atoms with E-state index >= 15 is 0 Å². The third-order valence-corrected chi connectivity index (χ3v) is 3.83. The minimum atomic E-state index is -0.169. The second-order valence-corrected chi connectivity index (χ2v) is 5.58. The van der Waals surface area contributed by atoms with Crippen LogP contribution in [0.2, 0.25) is 0 Å². The van der Waals surface area contributed by atoms with Crippen molar-refractivity contribution in [2.45, 2.75) is 25.5 Å². The zero-order valence-corrected chi connectivity index (χ0v) is 12.8. The number of pyridine rings is 2. The molecule has 0 aromatic carbocycles. The molecule has 0 saturated carbocycles. The monoisotopic (exact) mass is 313 g/mol. The molecule has 1 N–H and O–H groups in total. The summed E-state index contributed by atoms with van der Waals surface area (Å²) in [6.07, 6.45) is 6.76. The van der Waals surface area contributed by atoms with Crippen molar-refractivity contribution >= 4 is 5.91 Å². The minimum absolute atomic E-state index is 0.0429. The highest BCUT2D eigenvalue weighted by Gasteiger charge is 2.24. The Hall–Kier alpha value is -2.47. The second kappa shape index (κ2) is 7.19. The fourth-order valence-corrected chi connectivity index (χ4v) is 2.64. The van der Waals surface area contributed by atoms with Crippen molar-refractivity contribution in [3.05, 3.63) is 54.1 Å². The smallest absolute Gasteiger partial charge is 0.272 e. The zero-order valence-electron chi connectivity index (χ0n) is 12.8. The molecule has 2 aromatic rings. The number of nitrogens with zero attached hydrogens (tertiary/aromatic N) is 3. The Bertz CT molecular complexity index is 640. The lowest BCUT2D eigenvalue weighted by atomic mass is 10.2. The molecule has 1 aliphatic heterocycles. The first kappa shape index (κ1) is 15.4. The summed E-state index contributed by atoms with van der Waals surface area (Å²) in [6, 6.07) is 6.78. The van der Waals surface area contributed by atoms with Crippen LogP contribution in [0.4, 0.5) is 0 Å². The van der Waals surface area contributed by atoms with E-state index in [0.29, 0.717) is 18.8 Å². The van der Waals surface area contributed by atoms with Crippen LogP contribution in [0.3, 0.4) is 0 Å². The summed E-state index contributed by atoms with van der Waals surface area (Å²) in [6.45, 7) is 1.76. The van der Waals surface area contributed by atoms with Gasteiger partial charge in [-0.25, -0.2) is 4.98 Å². The second-order valence-electron chi connectivity index (χ2n) is 5.58. The number of hydrogen-bond acceptors (Lipinski definition) is 5. The van der Waals surface area contributed by atoms with Crippen molar-refractivity contribution in [2.24, 2.45) is 0 Å². The maximum Gasteiger partial charge on any atom is 0.272 e. The van der Waals surface area contributed by atoms with Crippen LogP contribution >= 0.6 is 0 Å². The van der Waals surface area contributed by atoms with E-state index < -0.39 is 0 Å². The van der Waals surface area contributed by atoms with Crippen molar-refractivity contribution in [3.8, 4) is 5.75 Å². The van der Waals surface area contributed by atoms with Gasteiger partial charge in [0.2, 0.25) is 0 Å². The SMILES string of the molecule is O=C(c1ccc(O)cn1)N(Cc1ccncc1)CC1CCCO1. The molecular weight excluding hydrogens is 294 g/mol. The molecule has 1 atom stereocenters. The zero-order chi connectivity index (χ0) is 16.1. The van der Waals surface area contributed by atoms with Gasteiger partial charge in [-0.3, -0.25) is 9.78 Å². The van der Waals surface area contributed by atoms with E-state index in [-0.39, 0.29) is 17.8 Å².